The average molecular weight is 287 g/mol. The first-order chi connectivity index (χ1) is 10.1. The average Bonchev–Trinajstić information content (AvgIpc) is 2.53. The summed E-state index contributed by atoms with van der Waals surface area (Å²) in [6, 6.07) is 14.4. The van der Waals surface area contributed by atoms with E-state index >= 15 is 0 Å². The van der Waals surface area contributed by atoms with Crippen LogP contribution in [0.25, 0.3) is 11.1 Å². The van der Waals surface area contributed by atoms with Crippen molar-refractivity contribution in [1.29, 1.82) is 0 Å². The number of hydrogen-bond acceptors (Lipinski definition) is 4. The zero-order valence-corrected chi connectivity index (χ0v) is 12.0. The summed E-state index contributed by atoms with van der Waals surface area (Å²) in [7, 11) is 1.81. The van der Waals surface area contributed by atoms with Crippen molar-refractivity contribution in [2.24, 2.45) is 0 Å². The predicted octanol–water partition coefficient (Wildman–Crippen LogP) is 2.06. The van der Waals surface area contributed by atoms with Crippen LogP contribution in [0.15, 0.2) is 48.5 Å². The van der Waals surface area contributed by atoms with Crippen molar-refractivity contribution in [1.82, 2.24) is 5.32 Å². The van der Waals surface area contributed by atoms with E-state index in [1.54, 1.807) is 12.1 Å². The molecule has 0 saturated carbocycles. The molecule has 0 saturated heterocycles. The molecule has 2 atom stereocenters. The van der Waals surface area contributed by atoms with E-state index in [4.69, 9.17) is 0 Å². The molecule has 21 heavy (non-hydrogen) atoms. The summed E-state index contributed by atoms with van der Waals surface area (Å²) >= 11 is 0. The molecule has 0 aromatic heterocycles. The van der Waals surface area contributed by atoms with Crippen LogP contribution in [0.4, 0.5) is 0 Å². The third-order valence-corrected chi connectivity index (χ3v) is 3.51. The third-order valence-electron chi connectivity index (χ3n) is 3.51. The highest BCUT2D eigenvalue weighted by Gasteiger charge is 2.17. The Morgan fingerprint density at radius 3 is 1.95 bits per heavy atom. The van der Waals surface area contributed by atoms with E-state index in [9.17, 15) is 15.3 Å². The Morgan fingerprint density at radius 1 is 0.905 bits per heavy atom. The van der Waals surface area contributed by atoms with Crippen LogP contribution < -0.4 is 5.32 Å². The molecule has 2 aromatic carbocycles. The molecule has 0 aliphatic rings. The molecule has 0 aliphatic carbocycles. The molecule has 0 radical (unpaired) electrons. The summed E-state index contributed by atoms with van der Waals surface area (Å²) in [5.74, 6) is 0.235. The van der Waals surface area contributed by atoms with Gasteiger partial charge in [0.05, 0.1) is 6.10 Å². The van der Waals surface area contributed by atoms with Gasteiger partial charge in [-0.3, -0.25) is 0 Å². The van der Waals surface area contributed by atoms with Gasteiger partial charge in [0.2, 0.25) is 0 Å². The summed E-state index contributed by atoms with van der Waals surface area (Å²) in [6.45, 7) is 0.657. The Labute approximate surface area is 124 Å². The molecule has 4 nitrogen and oxygen atoms in total. The maximum Gasteiger partial charge on any atom is 0.115 e. The number of aliphatic hydroxyl groups is 2. The van der Waals surface area contributed by atoms with Crippen LogP contribution in [0, 0.1) is 0 Å². The van der Waals surface area contributed by atoms with Gasteiger partial charge in [0.25, 0.3) is 0 Å². The zero-order chi connectivity index (χ0) is 15.2. The topological polar surface area (TPSA) is 72.7 Å². The SMILES string of the molecule is CNCCC(O)C(O)c1ccc(-c2ccc(O)cc2)cc1. The number of nitrogens with one attached hydrogen (secondary N) is 1. The molecular weight excluding hydrogens is 266 g/mol. The molecule has 0 amide bonds. The van der Waals surface area contributed by atoms with Crippen LogP contribution in [-0.2, 0) is 0 Å². The molecule has 0 spiro atoms. The van der Waals surface area contributed by atoms with E-state index in [2.05, 4.69) is 5.32 Å². The van der Waals surface area contributed by atoms with Gasteiger partial charge in [-0.1, -0.05) is 36.4 Å². The lowest BCUT2D eigenvalue weighted by Crippen LogP contribution is -2.23. The first kappa shape index (κ1) is 15.5. The van der Waals surface area contributed by atoms with E-state index in [1.165, 1.54) is 0 Å². The highest BCUT2D eigenvalue weighted by molar-refractivity contribution is 5.64. The van der Waals surface area contributed by atoms with E-state index in [0.717, 1.165) is 11.1 Å². The minimum absolute atomic E-state index is 0.235. The summed E-state index contributed by atoms with van der Waals surface area (Å²) < 4.78 is 0. The van der Waals surface area contributed by atoms with Crippen LogP contribution in [0.3, 0.4) is 0 Å². The van der Waals surface area contributed by atoms with Crippen molar-refractivity contribution < 1.29 is 15.3 Å². The number of benzene rings is 2. The van der Waals surface area contributed by atoms with Gasteiger partial charge in [0.15, 0.2) is 0 Å². The minimum atomic E-state index is -0.882. The molecular formula is C17H21NO3. The van der Waals surface area contributed by atoms with Crippen molar-refractivity contribution in [3.05, 3.63) is 54.1 Å². The molecule has 0 heterocycles. The minimum Gasteiger partial charge on any atom is -0.508 e. The zero-order valence-electron chi connectivity index (χ0n) is 12.0. The summed E-state index contributed by atoms with van der Waals surface area (Å²) in [4.78, 5) is 0. The molecule has 112 valence electrons. The van der Waals surface area contributed by atoms with E-state index in [-0.39, 0.29) is 5.75 Å². The number of hydrogen-bond donors (Lipinski definition) is 4. The van der Waals surface area contributed by atoms with Gasteiger partial charge in [-0.15, -0.1) is 0 Å². The first-order valence-corrected chi connectivity index (χ1v) is 7.02. The van der Waals surface area contributed by atoms with Crippen molar-refractivity contribution in [3.63, 3.8) is 0 Å². The largest absolute Gasteiger partial charge is 0.508 e. The Hall–Kier alpha value is -1.88. The summed E-state index contributed by atoms with van der Waals surface area (Å²) in [6.07, 6.45) is -1.17. The second kappa shape index (κ2) is 7.22. The first-order valence-electron chi connectivity index (χ1n) is 7.02. The fraction of sp³-hybridized carbons (Fsp3) is 0.294. The molecule has 2 rings (SSSR count). The van der Waals surface area contributed by atoms with Crippen LogP contribution >= 0.6 is 0 Å². The Balaban J connectivity index is 2.09. The summed E-state index contributed by atoms with van der Waals surface area (Å²) in [5.41, 5.74) is 2.68. The van der Waals surface area contributed by atoms with E-state index in [0.29, 0.717) is 18.5 Å². The lowest BCUT2D eigenvalue weighted by molar-refractivity contribution is 0.0140. The van der Waals surface area contributed by atoms with Gasteiger partial charge in [-0.05, 0) is 48.8 Å². The molecule has 4 N–H and O–H groups in total. The van der Waals surface area contributed by atoms with Gasteiger partial charge < -0.3 is 20.6 Å². The second-order valence-electron chi connectivity index (χ2n) is 5.07. The van der Waals surface area contributed by atoms with Crippen LogP contribution in [0.2, 0.25) is 0 Å². The van der Waals surface area contributed by atoms with E-state index in [1.807, 2.05) is 43.4 Å². The maximum atomic E-state index is 10.1. The molecule has 0 aliphatic heterocycles. The van der Waals surface area contributed by atoms with Crippen molar-refractivity contribution in [3.8, 4) is 16.9 Å². The summed E-state index contributed by atoms with van der Waals surface area (Å²) in [5, 5.41) is 32.2. The molecule has 0 fully saturated rings. The van der Waals surface area contributed by atoms with Crippen molar-refractivity contribution in [2.75, 3.05) is 13.6 Å². The number of rotatable bonds is 6. The van der Waals surface area contributed by atoms with Gasteiger partial charge >= 0.3 is 0 Å². The Bertz CT molecular complexity index is 551. The monoisotopic (exact) mass is 287 g/mol. The standard InChI is InChI=1S/C17H21NO3/c1-18-11-10-16(20)17(21)14-4-2-12(3-5-14)13-6-8-15(19)9-7-13/h2-9,16-21H,10-11H2,1H3. The predicted molar refractivity (Wildman–Crippen MR) is 83.1 cm³/mol. The quantitative estimate of drug-likeness (QED) is 0.656. The highest BCUT2D eigenvalue weighted by Crippen LogP contribution is 2.25. The third kappa shape index (κ3) is 4.04. The van der Waals surface area contributed by atoms with Crippen molar-refractivity contribution in [2.45, 2.75) is 18.6 Å². The van der Waals surface area contributed by atoms with Crippen LogP contribution in [-0.4, -0.2) is 35.0 Å². The van der Waals surface area contributed by atoms with Gasteiger partial charge in [-0.2, -0.15) is 0 Å². The number of phenols is 1. The highest BCUT2D eigenvalue weighted by atomic mass is 16.3. The Morgan fingerprint density at radius 2 is 1.43 bits per heavy atom. The second-order valence-corrected chi connectivity index (χ2v) is 5.07. The lowest BCUT2D eigenvalue weighted by Gasteiger charge is -2.18. The number of phenolic OH excluding ortho intramolecular Hbond substituents is 1. The number of aromatic hydroxyl groups is 1. The smallest absolute Gasteiger partial charge is 0.115 e. The van der Waals surface area contributed by atoms with Gasteiger partial charge in [0.1, 0.15) is 11.9 Å². The fourth-order valence-electron chi connectivity index (χ4n) is 2.20. The van der Waals surface area contributed by atoms with Gasteiger partial charge in [0, 0.05) is 0 Å². The maximum absolute atomic E-state index is 10.1. The van der Waals surface area contributed by atoms with Crippen LogP contribution in [0.1, 0.15) is 18.1 Å². The molecule has 2 unspecified atom stereocenters. The van der Waals surface area contributed by atoms with Crippen molar-refractivity contribution >= 4 is 0 Å². The van der Waals surface area contributed by atoms with Gasteiger partial charge in [-0.25, -0.2) is 0 Å². The molecule has 4 heteroatoms. The lowest BCUT2D eigenvalue weighted by atomic mass is 9.98. The molecule has 0 bridgehead atoms. The number of aliphatic hydroxyl groups excluding tert-OH is 2. The normalized spacial score (nSPS) is 13.9. The Kier molecular flexibility index (Phi) is 5.33. The molecule has 2 aromatic rings. The fourth-order valence-corrected chi connectivity index (χ4v) is 2.20. The van der Waals surface area contributed by atoms with Crippen LogP contribution in [0.5, 0.6) is 5.75 Å². The van der Waals surface area contributed by atoms with E-state index < -0.39 is 12.2 Å².